The van der Waals surface area contributed by atoms with Crippen LogP contribution >= 0.6 is 0 Å². The van der Waals surface area contributed by atoms with Gasteiger partial charge in [-0.3, -0.25) is 19.2 Å². The van der Waals surface area contributed by atoms with Crippen LogP contribution in [0.3, 0.4) is 0 Å². The van der Waals surface area contributed by atoms with E-state index in [1.54, 1.807) is 13.0 Å². The van der Waals surface area contributed by atoms with Gasteiger partial charge in [-0.2, -0.15) is 0 Å². The number of fused-ring (bicyclic) bond motifs is 8. The molecule has 2 amide bonds. The second kappa shape index (κ2) is 8.56. The molecule has 11 atom stereocenters. The third kappa shape index (κ3) is 3.66. The van der Waals surface area contributed by atoms with Crippen molar-refractivity contribution in [1.82, 2.24) is 10.6 Å². The number of rotatable bonds is 1. The number of Topliss-reactive ketones (excluding diaryl/α,β-unsaturated/α-hetero) is 2. The molecule has 2 heterocycles. The fourth-order valence-corrected chi connectivity index (χ4v) is 8.77. The number of ketones is 2. The van der Waals surface area contributed by atoms with Crippen LogP contribution in [0.25, 0.3) is 0 Å². The quantitative estimate of drug-likeness (QED) is 0.450. The zero-order valence-electron chi connectivity index (χ0n) is 20.6. The van der Waals surface area contributed by atoms with Gasteiger partial charge >= 0.3 is 0 Å². The van der Waals surface area contributed by atoms with Crippen LogP contribution in [-0.2, 0) is 19.2 Å². The lowest BCUT2D eigenvalue weighted by Crippen LogP contribution is -2.35. The van der Waals surface area contributed by atoms with Gasteiger partial charge < -0.3 is 10.6 Å². The van der Waals surface area contributed by atoms with Crippen LogP contribution in [0.5, 0.6) is 0 Å². The minimum Gasteiger partial charge on any atom is -0.356 e. The van der Waals surface area contributed by atoms with E-state index in [9.17, 15) is 19.2 Å². The predicted octanol–water partition coefficient (Wildman–Crippen LogP) is 3.00. The molecule has 0 radical (unpaired) electrons. The Bertz CT molecular complexity index is 1060. The average molecular weight is 477 g/mol. The van der Waals surface area contributed by atoms with Gasteiger partial charge in [0.05, 0.1) is 17.5 Å². The Morgan fingerprint density at radius 3 is 2.63 bits per heavy atom. The highest BCUT2D eigenvalue weighted by molar-refractivity contribution is 6.26. The molecule has 6 nitrogen and oxygen atoms in total. The van der Waals surface area contributed by atoms with E-state index in [0.717, 1.165) is 12.8 Å². The standard InChI is InChI=1S/C29H36N2O4/c1-14-21(15(2)32)12-18-13-22-19-7-8-20-17(6-5-16(19)10-23(22)26(14)18)11-24-27(33)25(31-29(24)35)4-3-9-30-28(20)34/h5-8,11,14,16-23,25-26H,3-4,9-10,12-13H2,1-2H3,(H,30,34)(H,31,35)/b6-5?,8-7-,24-11?/t14-,16-,17-,18+,19-,20+,21-,22-,23+,25+,26+/m1/s1. The summed E-state index contributed by atoms with van der Waals surface area (Å²) < 4.78 is 0. The van der Waals surface area contributed by atoms with Gasteiger partial charge in [-0.25, -0.2) is 0 Å². The minimum absolute atomic E-state index is 0.0346. The molecule has 0 aromatic heterocycles. The number of amides is 2. The molecule has 2 bridgehead atoms. The maximum absolute atomic E-state index is 13.2. The largest absolute Gasteiger partial charge is 0.356 e. The molecule has 4 aliphatic carbocycles. The smallest absolute Gasteiger partial charge is 0.255 e. The monoisotopic (exact) mass is 476 g/mol. The van der Waals surface area contributed by atoms with Gasteiger partial charge in [-0.1, -0.05) is 37.3 Å². The first-order valence-electron chi connectivity index (χ1n) is 13.5. The third-order valence-corrected chi connectivity index (χ3v) is 10.3. The Morgan fingerprint density at radius 1 is 1.00 bits per heavy atom. The van der Waals surface area contributed by atoms with Gasteiger partial charge in [-0.15, -0.1) is 0 Å². The molecule has 2 aliphatic heterocycles. The number of hydrogen-bond donors (Lipinski definition) is 2. The third-order valence-electron chi connectivity index (χ3n) is 10.3. The van der Waals surface area contributed by atoms with Crippen LogP contribution in [0.2, 0.25) is 0 Å². The molecule has 4 fully saturated rings. The van der Waals surface area contributed by atoms with Crippen molar-refractivity contribution < 1.29 is 19.2 Å². The Labute approximate surface area is 207 Å². The molecule has 186 valence electrons. The highest BCUT2D eigenvalue weighted by atomic mass is 16.2. The van der Waals surface area contributed by atoms with Crippen molar-refractivity contribution in [2.24, 2.45) is 59.2 Å². The van der Waals surface area contributed by atoms with Crippen molar-refractivity contribution in [3.05, 3.63) is 36.0 Å². The van der Waals surface area contributed by atoms with Crippen LogP contribution < -0.4 is 10.6 Å². The lowest BCUT2D eigenvalue weighted by molar-refractivity contribution is -0.124. The molecule has 6 heteroatoms. The Hall–Kier alpha value is -2.50. The summed E-state index contributed by atoms with van der Waals surface area (Å²) in [6.45, 7) is 4.54. The summed E-state index contributed by atoms with van der Waals surface area (Å²) in [7, 11) is 0. The molecule has 0 aromatic carbocycles. The zero-order chi connectivity index (χ0) is 24.4. The Kier molecular flexibility index (Phi) is 5.61. The number of nitrogens with one attached hydrogen (secondary N) is 2. The summed E-state index contributed by atoms with van der Waals surface area (Å²) in [5.41, 5.74) is 0.205. The normalized spacial score (nSPS) is 47.2. The fraction of sp³-hybridized carbons (Fsp3) is 0.655. The van der Waals surface area contributed by atoms with E-state index in [4.69, 9.17) is 0 Å². The molecule has 2 N–H and O–H groups in total. The van der Waals surface area contributed by atoms with E-state index in [1.807, 2.05) is 0 Å². The number of allylic oxidation sites excluding steroid dienone is 4. The van der Waals surface area contributed by atoms with Crippen molar-refractivity contribution in [2.75, 3.05) is 6.54 Å². The molecule has 6 rings (SSSR count). The topological polar surface area (TPSA) is 92.3 Å². The maximum atomic E-state index is 13.2. The molecule has 0 spiro atoms. The maximum Gasteiger partial charge on any atom is 0.255 e. The van der Waals surface area contributed by atoms with Gasteiger partial charge in [0.15, 0.2) is 5.78 Å². The lowest BCUT2D eigenvalue weighted by atomic mass is 9.79. The van der Waals surface area contributed by atoms with Gasteiger partial charge in [0.1, 0.15) is 5.78 Å². The summed E-state index contributed by atoms with van der Waals surface area (Å²) in [5.74, 6) is 3.07. The van der Waals surface area contributed by atoms with Crippen molar-refractivity contribution in [3.8, 4) is 0 Å². The molecule has 0 unspecified atom stereocenters. The number of carbonyl (C=O) groups excluding carboxylic acids is 4. The van der Waals surface area contributed by atoms with Gasteiger partial charge in [0.2, 0.25) is 5.91 Å². The first-order chi connectivity index (χ1) is 16.8. The highest BCUT2D eigenvalue weighted by Gasteiger charge is 2.58. The molecule has 3 saturated carbocycles. The van der Waals surface area contributed by atoms with Crippen molar-refractivity contribution in [2.45, 2.75) is 52.0 Å². The fourth-order valence-electron chi connectivity index (χ4n) is 8.77. The van der Waals surface area contributed by atoms with E-state index in [0.29, 0.717) is 66.6 Å². The summed E-state index contributed by atoms with van der Waals surface area (Å²) >= 11 is 0. The van der Waals surface area contributed by atoms with E-state index in [1.165, 1.54) is 6.42 Å². The molecule has 35 heavy (non-hydrogen) atoms. The summed E-state index contributed by atoms with van der Waals surface area (Å²) in [4.78, 5) is 50.8. The zero-order valence-corrected chi connectivity index (χ0v) is 20.6. The van der Waals surface area contributed by atoms with Crippen LogP contribution in [0.15, 0.2) is 36.0 Å². The molecular weight excluding hydrogens is 440 g/mol. The molecule has 1 saturated heterocycles. The van der Waals surface area contributed by atoms with E-state index in [-0.39, 0.29) is 35.0 Å². The lowest BCUT2D eigenvalue weighted by Gasteiger charge is -2.26. The van der Waals surface area contributed by atoms with Crippen molar-refractivity contribution in [1.29, 1.82) is 0 Å². The van der Waals surface area contributed by atoms with Crippen LogP contribution in [0.1, 0.15) is 46.0 Å². The van der Waals surface area contributed by atoms with Crippen LogP contribution in [0, 0.1) is 59.2 Å². The highest BCUT2D eigenvalue weighted by Crippen LogP contribution is 2.63. The molecular formula is C29H36N2O4. The summed E-state index contributed by atoms with van der Waals surface area (Å²) in [6.07, 6.45) is 15.0. The molecule has 6 aliphatic rings. The van der Waals surface area contributed by atoms with Crippen LogP contribution in [0.4, 0.5) is 0 Å². The van der Waals surface area contributed by atoms with E-state index < -0.39 is 12.0 Å². The van der Waals surface area contributed by atoms with Gasteiger partial charge in [-0.05, 0) is 80.5 Å². The van der Waals surface area contributed by atoms with E-state index >= 15 is 0 Å². The second-order valence-electron chi connectivity index (χ2n) is 12.0. The van der Waals surface area contributed by atoms with Crippen LogP contribution in [-0.4, -0.2) is 36.0 Å². The first kappa shape index (κ1) is 22.9. The second-order valence-corrected chi connectivity index (χ2v) is 12.0. The SMILES string of the molecule is CC(=O)[C@@H]1C[C@H]2C[C@@H]3[C@@H]4/C=C\[C@@H]5C(=O)NCCC[C@@H]6NC(=O)C(=C[C@H]5C=C[C@@H]4C[C@@H]3[C@H]2[C@@H]1C)C6=O. The van der Waals surface area contributed by atoms with E-state index in [2.05, 4.69) is 41.9 Å². The minimum atomic E-state index is -0.478. The van der Waals surface area contributed by atoms with Gasteiger partial charge in [0.25, 0.3) is 5.91 Å². The summed E-state index contributed by atoms with van der Waals surface area (Å²) in [6, 6.07) is -0.478. The average Bonchev–Trinajstić information content (AvgIpc) is 3.48. The number of carbonyl (C=O) groups is 4. The Balaban J connectivity index is 1.31. The predicted molar refractivity (Wildman–Crippen MR) is 131 cm³/mol. The first-order valence-corrected chi connectivity index (χ1v) is 13.5. The van der Waals surface area contributed by atoms with Gasteiger partial charge in [0, 0.05) is 18.4 Å². The van der Waals surface area contributed by atoms with Crippen molar-refractivity contribution in [3.63, 3.8) is 0 Å². The molecule has 0 aromatic rings. The van der Waals surface area contributed by atoms with Crippen molar-refractivity contribution >= 4 is 23.4 Å². The number of hydrogen-bond acceptors (Lipinski definition) is 4. The Morgan fingerprint density at radius 2 is 1.83 bits per heavy atom. The summed E-state index contributed by atoms with van der Waals surface area (Å²) in [5, 5.41) is 5.88.